The van der Waals surface area contributed by atoms with Gasteiger partial charge in [-0.05, 0) is 0 Å². The van der Waals surface area contributed by atoms with Gasteiger partial charge in [0, 0.05) is 18.3 Å². The molecule has 0 fully saturated rings. The second kappa shape index (κ2) is 4.60. The molecule has 2 heterocycles. The third kappa shape index (κ3) is 3.32. The Morgan fingerprint density at radius 2 is 2.05 bits per heavy atom. The highest BCUT2D eigenvalue weighted by atomic mass is 32.2. The first-order valence-corrected chi connectivity index (χ1v) is 6.93. The van der Waals surface area contributed by atoms with Crippen molar-refractivity contribution in [1.29, 1.82) is 0 Å². The summed E-state index contributed by atoms with van der Waals surface area (Å²) in [5.74, 6) is -0.957. The number of alkyl halides is 3. The van der Waals surface area contributed by atoms with Crippen LogP contribution >= 0.6 is 0 Å². The molecule has 1 aromatic heterocycles. The summed E-state index contributed by atoms with van der Waals surface area (Å²) < 4.78 is 60.7. The summed E-state index contributed by atoms with van der Waals surface area (Å²) in [6, 6.07) is 0. The third-order valence-corrected chi connectivity index (χ3v) is 4.45. The number of hydrogen-bond acceptors (Lipinski definition) is 5. The number of nitrogens with zero attached hydrogens (tertiary/aromatic N) is 3. The zero-order chi connectivity index (χ0) is 14.3. The smallest absolute Gasteiger partial charge is 0.368 e. The van der Waals surface area contributed by atoms with Gasteiger partial charge < -0.3 is 5.73 Å². The minimum absolute atomic E-state index is 0.00768. The Morgan fingerprint density at radius 1 is 1.37 bits per heavy atom. The van der Waals surface area contributed by atoms with Gasteiger partial charge in [-0.3, -0.25) is 0 Å². The SMILES string of the molecule is Nc1ncc2c(n1)CN(S(=O)(=O)CCC(F)(F)F)C2. The van der Waals surface area contributed by atoms with Crippen LogP contribution in [0.1, 0.15) is 17.7 Å². The summed E-state index contributed by atoms with van der Waals surface area (Å²) in [7, 11) is -3.97. The van der Waals surface area contributed by atoms with Gasteiger partial charge in [-0.25, -0.2) is 18.4 Å². The van der Waals surface area contributed by atoms with Crippen molar-refractivity contribution in [3.8, 4) is 0 Å². The lowest BCUT2D eigenvalue weighted by Crippen LogP contribution is -2.30. The lowest BCUT2D eigenvalue weighted by molar-refractivity contribution is -0.130. The van der Waals surface area contributed by atoms with E-state index in [1.54, 1.807) is 0 Å². The molecular formula is C9H11F3N4O2S. The first-order valence-electron chi connectivity index (χ1n) is 5.32. The van der Waals surface area contributed by atoms with Crippen LogP contribution in [0.2, 0.25) is 0 Å². The molecule has 0 bridgehead atoms. The monoisotopic (exact) mass is 296 g/mol. The molecule has 10 heteroatoms. The third-order valence-electron chi connectivity index (χ3n) is 2.68. The van der Waals surface area contributed by atoms with Crippen molar-refractivity contribution in [2.75, 3.05) is 11.5 Å². The summed E-state index contributed by atoms with van der Waals surface area (Å²) in [4.78, 5) is 7.58. The fraction of sp³-hybridized carbons (Fsp3) is 0.556. The van der Waals surface area contributed by atoms with Gasteiger partial charge in [-0.15, -0.1) is 0 Å². The topological polar surface area (TPSA) is 89.2 Å². The van der Waals surface area contributed by atoms with Crippen LogP contribution in [0, 0.1) is 0 Å². The van der Waals surface area contributed by atoms with Crippen LogP contribution in [0.3, 0.4) is 0 Å². The fourth-order valence-electron chi connectivity index (χ4n) is 1.71. The van der Waals surface area contributed by atoms with Gasteiger partial charge in [-0.1, -0.05) is 0 Å². The summed E-state index contributed by atoms with van der Waals surface area (Å²) >= 11 is 0. The van der Waals surface area contributed by atoms with Gasteiger partial charge >= 0.3 is 6.18 Å². The molecule has 0 saturated carbocycles. The number of nitrogens with two attached hydrogens (primary N) is 1. The van der Waals surface area contributed by atoms with E-state index in [-0.39, 0.29) is 19.0 Å². The van der Waals surface area contributed by atoms with E-state index in [1.165, 1.54) is 6.20 Å². The molecule has 1 aliphatic rings. The molecule has 0 radical (unpaired) electrons. The van der Waals surface area contributed by atoms with Crippen molar-refractivity contribution in [1.82, 2.24) is 14.3 Å². The van der Waals surface area contributed by atoms with E-state index < -0.39 is 28.4 Å². The molecule has 0 spiro atoms. The average Bonchev–Trinajstić information content (AvgIpc) is 2.69. The van der Waals surface area contributed by atoms with Crippen molar-refractivity contribution in [2.24, 2.45) is 0 Å². The maximum absolute atomic E-state index is 12.1. The van der Waals surface area contributed by atoms with Gasteiger partial charge in [-0.2, -0.15) is 17.5 Å². The van der Waals surface area contributed by atoms with Crippen LogP contribution in [-0.4, -0.2) is 34.6 Å². The Balaban J connectivity index is 2.09. The van der Waals surface area contributed by atoms with Crippen molar-refractivity contribution in [3.63, 3.8) is 0 Å². The summed E-state index contributed by atoms with van der Waals surface area (Å²) in [6.45, 7) is -0.0853. The zero-order valence-corrected chi connectivity index (χ0v) is 10.5. The van der Waals surface area contributed by atoms with E-state index in [4.69, 9.17) is 5.73 Å². The molecule has 6 nitrogen and oxygen atoms in total. The van der Waals surface area contributed by atoms with Crippen LogP contribution in [0.4, 0.5) is 19.1 Å². The number of aromatic nitrogens is 2. The maximum Gasteiger partial charge on any atom is 0.390 e. The first-order chi connectivity index (χ1) is 8.67. The largest absolute Gasteiger partial charge is 0.390 e. The molecular weight excluding hydrogens is 285 g/mol. The number of nitrogen functional groups attached to an aromatic ring is 1. The first kappa shape index (κ1) is 14.0. The normalized spacial score (nSPS) is 16.6. The predicted octanol–water partition coefficient (Wildman–Crippen LogP) is 0.657. The van der Waals surface area contributed by atoms with E-state index >= 15 is 0 Å². The van der Waals surface area contributed by atoms with Crippen molar-refractivity contribution in [3.05, 3.63) is 17.5 Å². The molecule has 2 rings (SSSR count). The number of fused-ring (bicyclic) bond motifs is 1. The van der Waals surface area contributed by atoms with E-state index in [0.29, 0.717) is 11.3 Å². The minimum Gasteiger partial charge on any atom is -0.368 e. The standard InChI is InChI=1S/C9H11F3N4O2S/c10-9(11,12)1-2-19(17,18)16-4-6-3-14-8(13)15-7(6)5-16/h3H,1-2,4-5H2,(H2,13,14,15). The van der Waals surface area contributed by atoms with Gasteiger partial charge in [0.15, 0.2) is 0 Å². The molecule has 0 unspecified atom stereocenters. The van der Waals surface area contributed by atoms with Crippen LogP contribution in [0.25, 0.3) is 0 Å². The van der Waals surface area contributed by atoms with Crippen molar-refractivity contribution in [2.45, 2.75) is 25.7 Å². The summed E-state index contributed by atoms with van der Waals surface area (Å²) in [6.07, 6.45) is -4.48. The lowest BCUT2D eigenvalue weighted by Gasteiger charge is -2.15. The quantitative estimate of drug-likeness (QED) is 0.885. The number of halogens is 3. The predicted molar refractivity (Wildman–Crippen MR) is 60.2 cm³/mol. The molecule has 0 aliphatic carbocycles. The van der Waals surface area contributed by atoms with E-state index in [2.05, 4.69) is 9.97 Å². The molecule has 0 aromatic carbocycles. The van der Waals surface area contributed by atoms with Crippen LogP contribution in [-0.2, 0) is 23.1 Å². The van der Waals surface area contributed by atoms with Crippen LogP contribution in [0.15, 0.2) is 6.20 Å². The number of hydrogen-bond donors (Lipinski definition) is 1. The van der Waals surface area contributed by atoms with Crippen LogP contribution < -0.4 is 5.73 Å². The van der Waals surface area contributed by atoms with E-state index in [0.717, 1.165) is 4.31 Å². The highest BCUT2D eigenvalue weighted by Gasteiger charge is 2.35. The molecule has 106 valence electrons. The second-order valence-electron chi connectivity index (χ2n) is 4.15. The van der Waals surface area contributed by atoms with Crippen molar-refractivity contribution < 1.29 is 21.6 Å². The summed E-state index contributed by atoms with van der Waals surface area (Å²) in [5.41, 5.74) is 6.36. The Morgan fingerprint density at radius 3 is 2.68 bits per heavy atom. The summed E-state index contributed by atoms with van der Waals surface area (Å²) in [5, 5.41) is 0. The molecule has 0 atom stereocenters. The van der Waals surface area contributed by atoms with Gasteiger partial charge in [0.25, 0.3) is 0 Å². The van der Waals surface area contributed by atoms with E-state index in [1.807, 2.05) is 0 Å². The maximum atomic E-state index is 12.1. The molecule has 1 aliphatic heterocycles. The van der Waals surface area contributed by atoms with E-state index in [9.17, 15) is 21.6 Å². The highest BCUT2D eigenvalue weighted by Crippen LogP contribution is 2.26. The molecule has 2 N–H and O–H groups in total. The molecule has 0 saturated heterocycles. The molecule has 0 amide bonds. The Labute approximate surface area is 107 Å². The second-order valence-corrected chi connectivity index (χ2v) is 6.24. The fourth-order valence-corrected chi connectivity index (χ4v) is 3.11. The molecule has 1 aromatic rings. The van der Waals surface area contributed by atoms with Gasteiger partial charge in [0.1, 0.15) is 0 Å². The number of sulfonamides is 1. The zero-order valence-electron chi connectivity index (χ0n) is 9.68. The average molecular weight is 296 g/mol. The Hall–Kier alpha value is -1.42. The Kier molecular flexibility index (Phi) is 3.39. The number of rotatable bonds is 3. The lowest BCUT2D eigenvalue weighted by atomic mass is 10.3. The van der Waals surface area contributed by atoms with Crippen LogP contribution in [0.5, 0.6) is 0 Å². The minimum atomic E-state index is -4.50. The van der Waals surface area contributed by atoms with Gasteiger partial charge in [0.05, 0.1) is 24.4 Å². The van der Waals surface area contributed by atoms with Gasteiger partial charge in [0.2, 0.25) is 16.0 Å². The van der Waals surface area contributed by atoms with Crippen molar-refractivity contribution >= 4 is 16.0 Å². The molecule has 19 heavy (non-hydrogen) atoms. The Bertz CT molecular complexity index is 588. The number of anilines is 1. The highest BCUT2D eigenvalue weighted by molar-refractivity contribution is 7.89.